The fraction of sp³-hybridized carbons (Fsp3) is 0.938. The summed E-state index contributed by atoms with van der Waals surface area (Å²) in [6.45, 7) is 3.99. The molecule has 2 aliphatic carbocycles. The van der Waals surface area contributed by atoms with Crippen LogP contribution in [0.3, 0.4) is 0 Å². The average Bonchev–Trinajstić information content (AvgIpc) is 2.38. The van der Waals surface area contributed by atoms with Crippen molar-refractivity contribution in [1.29, 1.82) is 0 Å². The predicted molar refractivity (Wildman–Crippen MR) is 83.4 cm³/mol. The van der Waals surface area contributed by atoms with Gasteiger partial charge in [-0.1, -0.05) is 26.2 Å². The van der Waals surface area contributed by atoms with Crippen molar-refractivity contribution in [3.05, 3.63) is 0 Å². The Hall–Kier alpha value is -0.0200. The van der Waals surface area contributed by atoms with Gasteiger partial charge in [0.25, 0.3) is 0 Å². The maximum Gasteiger partial charge on any atom is 0.134 e. The number of rotatable bonds is 5. The zero-order chi connectivity index (χ0) is 13.8. The highest BCUT2D eigenvalue weighted by Crippen LogP contribution is 2.46. The van der Waals surface area contributed by atoms with Crippen LogP contribution in [0.15, 0.2) is 0 Å². The van der Waals surface area contributed by atoms with Crippen molar-refractivity contribution >= 4 is 17.5 Å². The van der Waals surface area contributed by atoms with Crippen LogP contribution in [0.25, 0.3) is 0 Å². The number of thioether (sulfide) groups is 1. The SMILES string of the molecule is CCCCS[C@@H]1CCC[C@@H]2CC(N)[C@H](C(C)=O)C[C@@H]21. The molecule has 1 unspecified atom stereocenters. The number of fused-ring (bicyclic) bond motifs is 1. The van der Waals surface area contributed by atoms with Gasteiger partial charge in [-0.25, -0.2) is 0 Å². The van der Waals surface area contributed by atoms with Gasteiger partial charge in [0.2, 0.25) is 0 Å². The summed E-state index contributed by atoms with van der Waals surface area (Å²) in [5.74, 6) is 3.28. The number of unbranched alkanes of at least 4 members (excludes halogenated alkanes) is 1. The van der Waals surface area contributed by atoms with Gasteiger partial charge >= 0.3 is 0 Å². The summed E-state index contributed by atoms with van der Waals surface area (Å²) >= 11 is 2.17. The molecule has 0 heterocycles. The zero-order valence-electron chi connectivity index (χ0n) is 12.4. The first kappa shape index (κ1) is 15.4. The van der Waals surface area contributed by atoms with E-state index < -0.39 is 0 Å². The van der Waals surface area contributed by atoms with Gasteiger partial charge in [0.05, 0.1) is 0 Å². The van der Waals surface area contributed by atoms with Crippen LogP contribution in [-0.4, -0.2) is 22.8 Å². The second-order valence-corrected chi connectivity index (χ2v) is 7.82. The molecule has 0 amide bonds. The van der Waals surface area contributed by atoms with Crippen molar-refractivity contribution in [3.8, 4) is 0 Å². The first-order valence-electron chi connectivity index (χ1n) is 8.01. The number of nitrogens with two attached hydrogens (primary N) is 1. The standard InChI is InChI=1S/C16H29NOS/c1-3-4-8-19-16-7-5-6-12-9-15(17)13(11(2)18)10-14(12)16/h12-16H,3-10,17H2,1-2H3/t12-,13+,14+,15?,16-/m1/s1. The molecular weight excluding hydrogens is 254 g/mol. The molecular formula is C16H29NOS. The summed E-state index contributed by atoms with van der Waals surface area (Å²) in [6, 6.07) is 0.123. The Labute approximate surface area is 122 Å². The molecule has 5 atom stereocenters. The molecule has 2 N–H and O–H groups in total. The third-order valence-corrected chi connectivity index (χ3v) is 6.65. The van der Waals surface area contributed by atoms with Gasteiger partial charge in [-0.05, 0) is 50.2 Å². The first-order valence-corrected chi connectivity index (χ1v) is 9.06. The molecule has 0 saturated heterocycles. The van der Waals surface area contributed by atoms with E-state index in [0.717, 1.165) is 29.9 Å². The van der Waals surface area contributed by atoms with Crippen LogP contribution < -0.4 is 5.73 Å². The highest BCUT2D eigenvalue weighted by Gasteiger charge is 2.42. The lowest BCUT2D eigenvalue weighted by molar-refractivity contribution is -0.123. The van der Waals surface area contributed by atoms with Gasteiger partial charge in [0.1, 0.15) is 5.78 Å². The van der Waals surface area contributed by atoms with Crippen molar-refractivity contribution in [1.82, 2.24) is 0 Å². The van der Waals surface area contributed by atoms with E-state index in [9.17, 15) is 4.79 Å². The summed E-state index contributed by atoms with van der Waals surface area (Å²) < 4.78 is 0. The third-order valence-electron chi connectivity index (χ3n) is 5.12. The number of Topliss-reactive ketones (excluding diaryl/α,β-unsaturated/α-hetero) is 1. The Balaban J connectivity index is 1.97. The predicted octanol–water partition coefficient (Wildman–Crippen LogP) is 3.63. The topological polar surface area (TPSA) is 43.1 Å². The lowest BCUT2D eigenvalue weighted by Crippen LogP contribution is -2.47. The Morgan fingerprint density at radius 3 is 2.79 bits per heavy atom. The largest absolute Gasteiger partial charge is 0.327 e. The van der Waals surface area contributed by atoms with E-state index in [-0.39, 0.29) is 12.0 Å². The number of ketones is 1. The summed E-state index contributed by atoms with van der Waals surface area (Å²) in [5.41, 5.74) is 6.23. The Morgan fingerprint density at radius 2 is 2.11 bits per heavy atom. The molecule has 19 heavy (non-hydrogen) atoms. The summed E-state index contributed by atoms with van der Waals surface area (Å²) in [5, 5.41) is 0.791. The van der Waals surface area contributed by atoms with Crippen LogP contribution in [0, 0.1) is 17.8 Å². The molecule has 2 nitrogen and oxygen atoms in total. The molecule has 0 aliphatic heterocycles. The second kappa shape index (κ2) is 7.12. The van der Waals surface area contributed by atoms with Crippen LogP contribution in [0.2, 0.25) is 0 Å². The lowest BCUT2D eigenvalue weighted by atomic mass is 9.65. The molecule has 3 heteroatoms. The normalized spacial score (nSPS) is 38.8. The van der Waals surface area contributed by atoms with Crippen molar-refractivity contribution < 1.29 is 4.79 Å². The van der Waals surface area contributed by atoms with E-state index in [1.807, 2.05) is 0 Å². The molecule has 0 radical (unpaired) electrons. The first-order chi connectivity index (χ1) is 9.13. The summed E-state index contributed by atoms with van der Waals surface area (Å²) in [4.78, 5) is 11.8. The Kier molecular flexibility index (Phi) is 5.76. The van der Waals surface area contributed by atoms with Crippen molar-refractivity contribution in [2.24, 2.45) is 23.5 Å². The van der Waals surface area contributed by atoms with Gasteiger partial charge in [0.15, 0.2) is 0 Å². The van der Waals surface area contributed by atoms with E-state index in [2.05, 4.69) is 18.7 Å². The van der Waals surface area contributed by atoms with Gasteiger partial charge in [-0.3, -0.25) is 4.79 Å². The molecule has 0 aromatic rings. The lowest BCUT2D eigenvalue weighted by Gasteiger charge is -2.45. The maximum absolute atomic E-state index is 11.8. The van der Waals surface area contributed by atoms with Crippen LogP contribution in [0.4, 0.5) is 0 Å². The summed E-state index contributed by atoms with van der Waals surface area (Å²) in [6.07, 6.45) is 8.82. The zero-order valence-corrected chi connectivity index (χ0v) is 13.3. The maximum atomic E-state index is 11.8. The average molecular weight is 283 g/mol. The van der Waals surface area contributed by atoms with Crippen LogP contribution in [0.1, 0.15) is 58.8 Å². The monoisotopic (exact) mass is 283 g/mol. The van der Waals surface area contributed by atoms with E-state index in [1.54, 1.807) is 6.92 Å². The number of carbonyl (C=O) groups excluding carboxylic acids is 1. The quantitative estimate of drug-likeness (QED) is 0.784. The molecule has 0 aromatic heterocycles. The van der Waals surface area contributed by atoms with Gasteiger partial charge in [-0.15, -0.1) is 0 Å². The number of hydrogen-bond acceptors (Lipinski definition) is 3. The highest BCUT2D eigenvalue weighted by atomic mass is 32.2. The Bertz CT molecular complexity index is 307. The molecule has 2 rings (SSSR count). The molecule has 2 fully saturated rings. The van der Waals surface area contributed by atoms with E-state index in [1.165, 1.54) is 37.9 Å². The minimum absolute atomic E-state index is 0.123. The van der Waals surface area contributed by atoms with Gasteiger partial charge < -0.3 is 5.73 Å². The van der Waals surface area contributed by atoms with Gasteiger partial charge in [0, 0.05) is 17.2 Å². The van der Waals surface area contributed by atoms with Crippen molar-refractivity contribution in [3.63, 3.8) is 0 Å². The number of hydrogen-bond donors (Lipinski definition) is 1. The molecule has 110 valence electrons. The van der Waals surface area contributed by atoms with E-state index in [4.69, 9.17) is 5.73 Å². The molecule has 0 bridgehead atoms. The minimum Gasteiger partial charge on any atom is -0.327 e. The molecule has 0 aromatic carbocycles. The van der Waals surface area contributed by atoms with Crippen molar-refractivity contribution in [2.75, 3.05) is 5.75 Å². The highest BCUT2D eigenvalue weighted by molar-refractivity contribution is 7.99. The van der Waals surface area contributed by atoms with Crippen LogP contribution in [-0.2, 0) is 4.79 Å². The van der Waals surface area contributed by atoms with Gasteiger partial charge in [-0.2, -0.15) is 11.8 Å². The van der Waals surface area contributed by atoms with Crippen LogP contribution >= 0.6 is 11.8 Å². The Morgan fingerprint density at radius 1 is 1.32 bits per heavy atom. The fourth-order valence-corrected chi connectivity index (χ4v) is 5.66. The van der Waals surface area contributed by atoms with E-state index >= 15 is 0 Å². The minimum atomic E-state index is 0.123. The van der Waals surface area contributed by atoms with Crippen molar-refractivity contribution in [2.45, 2.75) is 70.1 Å². The van der Waals surface area contributed by atoms with E-state index in [0.29, 0.717) is 5.78 Å². The molecule has 2 aliphatic rings. The summed E-state index contributed by atoms with van der Waals surface area (Å²) in [7, 11) is 0. The smallest absolute Gasteiger partial charge is 0.134 e. The van der Waals surface area contributed by atoms with Crippen LogP contribution in [0.5, 0.6) is 0 Å². The molecule has 2 saturated carbocycles. The fourth-order valence-electron chi connectivity index (χ4n) is 3.99. The second-order valence-electron chi connectivity index (χ2n) is 6.47. The third kappa shape index (κ3) is 3.75. The molecule has 0 spiro atoms. The number of carbonyl (C=O) groups is 1.